The van der Waals surface area contributed by atoms with E-state index in [2.05, 4.69) is 4.90 Å². The molecule has 128 valence electrons. The quantitative estimate of drug-likeness (QED) is 0.884. The molecule has 23 heavy (non-hydrogen) atoms. The number of rotatable bonds is 5. The standard InChI is InChI=1S/C17H26FN3O2/c1-17(2,23)13-19(3)12-16(22)21-10-8-20(9-11-21)15-6-4-14(18)5-7-15/h4-7,23H,8-13H2,1-3H3. The van der Waals surface area contributed by atoms with E-state index in [1.54, 1.807) is 26.0 Å². The summed E-state index contributed by atoms with van der Waals surface area (Å²) in [7, 11) is 1.84. The number of nitrogens with zero attached hydrogens (tertiary/aromatic N) is 3. The Labute approximate surface area is 137 Å². The van der Waals surface area contributed by atoms with Crippen molar-refractivity contribution in [2.45, 2.75) is 19.4 Å². The van der Waals surface area contributed by atoms with Gasteiger partial charge in [-0.05, 0) is 45.2 Å². The molecule has 0 bridgehead atoms. The summed E-state index contributed by atoms with van der Waals surface area (Å²) in [6.45, 7) is 7.03. The third-order valence-corrected chi connectivity index (χ3v) is 3.89. The zero-order valence-corrected chi connectivity index (χ0v) is 14.1. The van der Waals surface area contributed by atoms with E-state index in [4.69, 9.17) is 0 Å². The first kappa shape index (κ1) is 17.7. The third-order valence-electron chi connectivity index (χ3n) is 3.89. The van der Waals surface area contributed by atoms with Crippen LogP contribution in [-0.4, -0.2) is 72.7 Å². The van der Waals surface area contributed by atoms with Crippen LogP contribution in [0.5, 0.6) is 0 Å². The number of piperazine rings is 1. The summed E-state index contributed by atoms with van der Waals surface area (Å²) < 4.78 is 13.0. The van der Waals surface area contributed by atoms with Crippen molar-refractivity contribution < 1.29 is 14.3 Å². The van der Waals surface area contributed by atoms with Gasteiger partial charge in [0, 0.05) is 38.4 Å². The molecule has 0 radical (unpaired) electrons. The fourth-order valence-corrected chi connectivity index (χ4v) is 2.91. The van der Waals surface area contributed by atoms with E-state index in [0.717, 1.165) is 18.8 Å². The van der Waals surface area contributed by atoms with E-state index in [1.165, 1.54) is 12.1 Å². The van der Waals surface area contributed by atoms with Crippen molar-refractivity contribution in [1.29, 1.82) is 0 Å². The van der Waals surface area contributed by atoms with Crippen LogP contribution in [0.3, 0.4) is 0 Å². The molecule has 5 nitrogen and oxygen atoms in total. The minimum absolute atomic E-state index is 0.0792. The second-order valence-corrected chi connectivity index (χ2v) is 6.83. The molecule has 2 rings (SSSR count). The fraction of sp³-hybridized carbons (Fsp3) is 0.588. The van der Waals surface area contributed by atoms with E-state index in [0.29, 0.717) is 26.2 Å². The van der Waals surface area contributed by atoms with Crippen molar-refractivity contribution in [2.24, 2.45) is 0 Å². The second kappa shape index (κ2) is 7.27. The zero-order chi connectivity index (χ0) is 17.0. The normalized spacial score (nSPS) is 16.1. The van der Waals surface area contributed by atoms with Crippen LogP contribution < -0.4 is 4.90 Å². The lowest BCUT2D eigenvalue weighted by atomic mass is 10.1. The highest BCUT2D eigenvalue weighted by atomic mass is 19.1. The number of hydrogen-bond donors (Lipinski definition) is 1. The van der Waals surface area contributed by atoms with Crippen molar-refractivity contribution in [1.82, 2.24) is 9.80 Å². The molecule has 1 aliphatic heterocycles. The van der Waals surface area contributed by atoms with Gasteiger partial charge in [0.05, 0.1) is 12.1 Å². The largest absolute Gasteiger partial charge is 0.389 e. The Morgan fingerprint density at radius 2 is 1.78 bits per heavy atom. The van der Waals surface area contributed by atoms with Gasteiger partial charge in [-0.3, -0.25) is 9.69 Å². The Hall–Kier alpha value is -1.66. The lowest BCUT2D eigenvalue weighted by molar-refractivity contribution is -0.132. The summed E-state index contributed by atoms with van der Waals surface area (Å²) in [5.74, 6) is -0.159. The molecule has 1 fully saturated rings. The SMILES string of the molecule is CN(CC(=O)N1CCN(c2ccc(F)cc2)CC1)CC(C)(C)O. The number of likely N-dealkylation sites (N-methyl/N-ethyl adjacent to an activating group) is 1. The molecule has 1 heterocycles. The van der Waals surface area contributed by atoms with Crippen LogP contribution in [-0.2, 0) is 4.79 Å². The van der Waals surface area contributed by atoms with E-state index in [9.17, 15) is 14.3 Å². The van der Waals surface area contributed by atoms with Gasteiger partial charge in [0.25, 0.3) is 0 Å². The molecule has 1 aliphatic rings. The van der Waals surface area contributed by atoms with Gasteiger partial charge in [-0.25, -0.2) is 4.39 Å². The van der Waals surface area contributed by atoms with Crippen molar-refractivity contribution in [2.75, 3.05) is 51.2 Å². The molecule has 0 spiro atoms. The first-order valence-corrected chi connectivity index (χ1v) is 7.94. The molecule has 0 atom stereocenters. The fourth-order valence-electron chi connectivity index (χ4n) is 2.91. The lowest BCUT2D eigenvalue weighted by Crippen LogP contribution is -2.51. The predicted octanol–water partition coefficient (Wildman–Crippen LogP) is 1.18. The molecular formula is C17H26FN3O2. The first-order valence-electron chi connectivity index (χ1n) is 7.94. The minimum Gasteiger partial charge on any atom is -0.389 e. The average molecular weight is 323 g/mol. The molecule has 1 aromatic rings. The number of carbonyl (C=O) groups excluding carboxylic acids is 1. The van der Waals surface area contributed by atoms with E-state index in [-0.39, 0.29) is 11.7 Å². The van der Waals surface area contributed by atoms with E-state index >= 15 is 0 Å². The first-order chi connectivity index (χ1) is 10.7. The number of halogens is 1. The van der Waals surface area contributed by atoms with Crippen LogP contribution in [0.25, 0.3) is 0 Å². The van der Waals surface area contributed by atoms with Crippen molar-refractivity contribution in [3.8, 4) is 0 Å². The van der Waals surface area contributed by atoms with Crippen LogP contribution in [0.2, 0.25) is 0 Å². The summed E-state index contributed by atoms with van der Waals surface area (Å²) in [6, 6.07) is 6.45. The van der Waals surface area contributed by atoms with Gasteiger partial charge in [-0.2, -0.15) is 0 Å². The summed E-state index contributed by atoms with van der Waals surface area (Å²) in [5.41, 5.74) is 0.175. The maximum absolute atomic E-state index is 13.0. The van der Waals surface area contributed by atoms with Gasteiger partial charge in [-0.1, -0.05) is 0 Å². The Morgan fingerprint density at radius 1 is 1.22 bits per heavy atom. The predicted molar refractivity (Wildman–Crippen MR) is 89.0 cm³/mol. The smallest absolute Gasteiger partial charge is 0.236 e. The summed E-state index contributed by atoms with van der Waals surface area (Å²) >= 11 is 0. The zero-order valence-electron chi connectivity index (χ0n) is 14.1. The van der Waals surface area contributed by atoms with Gasteiger partial charge >= 0.3 is 0 Å². The molecule has 0 unspecified atom stereocenters. The number of carbonyl (C=O) groups is 1. The molecule has 6 heteroatoms. The van der Waals surface area contributed by atoms with Gasteiger partial charge in [0.1, 0.15) is 5.82 Å². The average Bonchev–Trinajstić information content (AvgIpc) is 2.46. The molecule has 0 saturated carbocycles. The number of benzene rings is 1. The number of anilines is 1. The summed E-state index contributed by atoms with van der Waals surface area (Å²) in [5, 5.41) is 9.79. The highest BCUT2D eigenvalue weighted by Gasteiger charge is 2.23. The number of amides is 1. The van der Waals surface area contributed by atoms with Crippen LogP contribution >= 0.6 is 0 Å². The van der Waals surface area contributed by atoms with Gasteiger partial charge in [0.2, 0.25) is 5.91 Å². The van der Waals surface area contributed by atoms with Crippen LogP contribution in [0, 0.1) is 5.82 Å². The second-order valence-electron chi connectivity index (χ2n) is 6.83. The highest BCUT2D eigenvalue weighted by molar-refractivity contribution is 5.78. The van der Waals surface area contributed by atoms with Gasteiger partial charge in [-0.15, -0.1) is 0 Å². The molecule has 1 N–H and O–H groups in total. The minimum atomic E-state index is -0.809. The highest BCUT2D eigenvalue weighted by Crippen LogP contribution is 2.17. The van der Waals surface area contributed by atoms with Crippen LogP contribution in [0.1, 0.15) is 13.8 Å². The van der Waals surface area contributed by atoms with Crippen molar-refractivity contribution >= 4 is 11.6 Å². The molecule has 1 aromatic carbocycles. The summed E-state index contributed by atoms with van der Waals surface area (Å²) in [6.07, 6.45) is 0. The molecular weight excluding hydrogens is 297 g/mol. The van der Waals surface area contributed by atoms with Crippen molar-refractivity contribution in [3.63, 3.8) is 0 Å². The van der Waals surface area contributed by atoms with Gasteiger partial charge in [0.15, 0.2) is 0 Å². The Kier molecular flexibility index (Phi) is 5.59. The number of hydrogen-bond acceptors (Lipinski definition) is 4. The Balaban J connectivity index is 1.81. The van der Waals surface area contributed by atoms with E-state index < -0.39 is 5.60 Å². The van der Waals surface area contributed by atoms with Crippen LogP contribution in [0.4, 0.5) is 10.1 Å². The molecule has 1 amide bonds. The topological polar surface area (TPSA) is 47.0 Å². The van der Waals surface area contributed by atoms with E-state index in [1.807, 2.05) is 16.8 Å². The molecule has 0 aromatic heterocycles. The lowest BCUT2D eigenvalue weighted by Gasteiger charge is -2.37. The molecule has 1 saturated heterocycles. The van der Waals surface area contributed by atoms with Crippen LogP contribution in [0.15, 0.2) is 24.3 Å². The van der Waals surface area contributed by atoms with Crippen molar-refractivity contribution in [3.05, 3.63) is 30.1 Å². The third kappa shape index (κ3) is 5.48. The maximum Gasteiger partial charge on any atom is 0.236 e. The summed E-state index contributed by atoms with van der Waals surface area (Å²) in [4.78, 5) is 18.2. The monoisotopic (exact) mass is 323 g/mol. The maximum atomic E-state index is 13.0. The molecule has 0 aliphatic carbocycles. The number of aliphatic hydroxyl groups is 1. The Morgan fingerprint density at radius 3 is 2.30 bits per heavy atom. The van der Waals surface area contributed by atoms with Gasteiger partial charge < -0.3 is 14.9 Å². The Bertz CT molecular complexity index is 520.